The lowest BCUT2D eigenvalue weighted by Crippen LogP contribution is -2.35. The third kappa shape index (κ3) is 4.62. The zero-order chi connectivity index (χ0) is 15.2. The summed E-state index contributed by atoms with van der Waals surface area (Å²) in [5.74, 6) is 1.12. The van der Waals surface area contributed by atoms with Crippen molar-refractivity contribution in [3.63, 3.8) is 0 Å². The average Bonchev–Trinajstić information content (AvgIpc) is 2.83. The highest BCUT2D eigenvalue weighted by atomic mass is 32.2. The molecular formula is C14H22N2OS3. The van der Waals surface area contributed by atoms with E-state index in [1.807, 2.05) is 18.2 Å². The van der Waals surface area contributed by atoms with E-state index in [0.717, 1.165) is 29.4 Å². The number of phenolic OH excluding ortho intramolecular Hbond substituents is 1. The second kappa shape index (κ2) is 8.22. The molecule has 20 heavy (non-hydrogen) atoms. The van der Waals surface area contributed by atoms with E-state index in [0.29, 0.717) is 0 Å². The third-order valence-corrected chi connectivity index (χ3v) is 4.77. The van der Waals surface area contributed by atoms with Gasteiger partial charge in [-0.05, 0) is 32.0 Å². The molecule has 0 spiro atoms. The minimum atomic E-state index is -0.354. The zero-order valence-electron chi connectivity index (χ0n) is 12.1. The summed E-state index contributed by atoms with van der Waals surface area (Å²) in [7, 11) is 2.07. The van der Waals surface area contributed by atoms with E-state index in [1.54, 1.807) is 24.1 Å². The van der Waals surface area contributed by atoms with Crippen LogP contribution in [0.15, 0.2) is 29.3 Å². The molecule has 6 heteroatoms. The van der Waals surface area contributed by atoms with E-state index in [4.69, 9.17) is 0 Å². The Hall–Kier alpha value is -0.300. The van der Waals surface area contributed by atoms with Gasteiger partial charge in [-0.15, -0.1) is 24.4 Å². The molecular weight excluding hydrogens is 308 g/mol. The molecule has 1 atom stereocenters. The molecule has 0 bridgehead atoms. The van der Waals surface area contributed by atoms with Crippen molar-refractivity contribution in [1.82, 2.24) is 4.90 Å². The number of nitrogens with zero attached hydrogens (tertiary/aromatic N) is 2. The van der Waals surface area contributed by atoms with Crippen molar-refractivity contribution < 1.29 is 5.11 Å². The van der Waals surface area contributed by atoms with Crippen LogP contribution in [0.25, 0.3) is 0 Å². The van der Waals surface area contributed by atoms with E-state index < -0.39 is 0 Å². The summed E-state index contributed by atoms with van der Waals surface area (Å²) in [6, 6.07) is 7.31. The van der Waals surface area contributed by atoms with Gasteiger partial charge in [-0.1, -0.05) is 19.1 Å². The Bertz CT molecular complexity index is 467. The molecule has 3 nitrogen and oxygen atoms in total. The molecule has 0 amide bonds. The number of phenols is 1. The highest BCUT2D eigenvalue weighted by Crippen LogP contribution is 2.36. The Balaban J connectivity index is 0.000000956. The number of likely N-dealkylation sites (N-methyl/N-ethyl adjacent to an activating group) is 1. The fourth-order valence-corrected chi connectivity index (χ4v) is 3.55. The average molecular weight is 331 g/mol. The van der Waals surface area contributed by atoms with E-state index in [-0.39, 0.29) is 10.6 Å². The molecule has 0 aromatic heterocycles. The molecule has 0 saturated heterocycles. The molecule has 1 aliphatic heterocycles. The summed E-state index contributed by atoms with van der Waals surface area (Å²) in [6.45, 7) is 3.91. The number of aromatic hydroxyl groups is 1. The predicted octanol–water partition coefficient (Wildman–Crippen LogP) is 3.01. The summed E-state index contributed by atoms with van der Waals surface area (Å²) in [5, 5.41) is 10.7. The van der Waals surface area contributed by atoms with Gasteiger partial charge in [-0.3, -0.25) is 4.99 Å². The lowest BCUT2D eigenvalue weighted by atomic mass is 10.2. The molecule has 0 fully saturated rings. The standard InChI is InChI=1S/C13H18N2OS2.CH4S/c1-3-15(2)8-13(17)9-18-12(14-13)10-6-4-5-7-11(10)16;1-2/h4-7,16-17H,3,8-9H2,1-2H3;2H,1H3. The summed E-state index contributed by atoms with van der Waals surface area (Å²) >= 11 is 9.87. The number of para-hydroxylation sites is 1. The van der Waals surface area contributed by atoms with Crippen LogP contribution in [-0.4, -0.2) is 52.1 Å². The van der Waals surface area contributed by atoms with E-state index in [1.165, 1.54) is 0 Å². The molecule has 1 aromatic carbocycles. The van der Waals surface area contributed by atoms with Crippen molar-refractivity contribution in [3.05, 3.63) is 29.8 Å². The smallest absolute Gasteiger partial charge is 0.126 e. The van der Waals surface area contributed by atoms with Gasteiger partial charge in [0, 0.05) is 17.9 Å². The van der Waals surface area contributed by atoms with Gasteiger partial charge in [0.05, 0.1) is 0 Å². The van der Waals surface area contributed by atoms with Crippen LogP contribution in [0.3, 0.4) is 0 Å². The van der Waals surface area contributed by atoms with Gasteiger partial charge >= 0.3 is 0 Å². The maximum atomic E-state index is 9.84. The van der Waals surface area contributed by atoms with Crippen molar-refractivity contribution in [2.75, 3.05) is 32.1 Å². The number of hydrogen-bond donors (Lipinski definition) is 3. The Morgan fingerprint density at radius 3 is 2.65 bits per heavy atom. The monoisotopic (exact) mass is 330 g/mol. The first kappa shape index (κ1) is 17.8. The number of thiol groups is 2. The van der Waals surface area contributed by atoms with Crippen LogP contribution in [-0.2, 0) is 0 Å². The van der Waals surface area contributed by atoms with Crippen molar-refractivity contribution in [3.8, 4) is 5.75 Å². The van der Waals surface area contributed by atoms with Crippen LogP contribution >= 0.6 is 37.0 Å². The van der Waals surface area contributed by atoms with Gasteiger partial charge in [0.2, 0.25) is 0 Å². The molecule has 0 saturated carbocycles. The van der Waals surface area contributed by atoms with E-state index >= 15 is 0 Å². The molecule has 1 aromatic rings. The number of aliphatic imine (C=N–C) groups is 1. The van der Waals surface area contributed by atoms with Gasteiger partial charge in [0.1, 0.15) is 15.7 Å². The number of hydrogen-bond acceptors (Lipinski definition) is 6. The Morgan fingerprint density at radius 2 is 2.05 bits per heavy atom. The molecule has 1 N–H and O–H groups in total. The SMILES string of the molecule is CCN(C)CC1(S)CSC(c2ccccc2O)=N1.CS. The van der Waals surface area contributed by atoms with Gasteiger partial charge in [0.15, 0.2) is 0 Å². The van der Waals surface area contributed by atoms with Crippen LogP contribution in [0.2, 0.25) is 0 Å². The molecule has 1 unspecified atom stereocenters. The molecule has 1 heterocycles. The number of benzene rings is 1. The first-order chi connectivity index (χ1) is 9.54. The maximum Gasteiger partial charge on any atom is 0.126 e. The highest BCUT2D eigenvalue weighted by Gasteiger charge is 2.33. The van der Waals surface area contributed by atoms with Gasteiger partial charge < -0.3 is 10.0 Å². The van der Waals surface area contributed by atoms with Crippen LogP contribution in [0.5, 0.6) is 5.75 Å². The Morgan fingerprint density at radius 1 is 1.40 bits per heavy atom. The van der Waals surface area contributed by atoms with Gasteiger partial charge in [-0.25, -0.2) is 0 Å². The highest BCUT2D eigenvalue weighted by molar-refractivity contribution is 8.15. The summed E-state index contributed by atoms with van der Waals surface area (Å²) in [6.07, 6.45) is 1.69. The minimum Gasteiger partial charge on any atom is -0.507 e. The van der Waals surface area contributed by atoms with Crippen molar-refractivity contribution in [1.29, 1.82) is 0 Å². The lowest BCUT2D eigenvalue weighted by Gasteiger charge is -2.24. The topological polar surface area (TPSA) is 35.8 Å². The number of rotatable bonds is 4. The van der Waals surface area contributed by atoms with E-state index in [2.05, 4.69) is 49.1 Å². The second-order valence-corrected chi connectivity index (χ2v) is 6.33. The number of thioether (sulfide) groups is 1. The molecule has 112 valence electrons. The lowest BCUT2D eigenvalue weighted by molar-refractivity contribution is 0.326. The van der Waals surface area contributed by atoms with Crippen molar-refractivity contribution in [2.24, 2.45) is 4.99 Å². The summed E-state index contributed by atoms with van der Waals surface area (Å²) in [4.78, 5) is 6.53. The van der Waals surface area contributed by atoms with Crippen LogP contribution < -0.4 is 0 Å². The first-order valence-electron chi connectivity index (χ1n) is 6.41. The van der Waals surface area contributed by atoms with Gasteiger partial charge in [0.25, 0.3) is 0 Å². The van der Waals surface area contributed by atoms with Crippen molar-refractivity contribution in [2.45, 2.75) is 11.8 Å². The molecule has 0 aliphatic carbocycles. The first-order valence-corrected chi connectivity index (χ1v) is 8.73. The minimum absolute atomic E-state index is 0.283. The van der Waals surface area contributed by atoms with Crippen LogP contribution in [0.4, 0.5) is 0 Å². The predicted molar refractivity (Wildman–Crippen MR) is 96.9 cm³/mol. The zero-order valence-corrected chi connectivity index (χ0v) is 14.7. The van der Waals surface area contributed by atoms with E-state index in [9.17, 15) is 5.11 Å². The van der Waals surface area contributed by atoms with Crippen LogP contribution in [0.1, 0.15) is 12.5 Å². The van der Waals surface area contributed by atoms with Gasteiger partial charge in [-0.2, -0.15) is 12.6 Å². The normalized spacial score (nSPS) is 21.4. The fraction of sp³-hybridized carbons (Fsp3) is 0.500. The van der Waals surface area contributed by atoms with Crippen LogP contribution in [0, 0.1) is 0 Å². The van der Waals surface area contributed by atoms with Crippen molar-refractivity contribution >= 4 is 42.1 Å². The largest absolute Gasteiger partial charge is 0.507 e. The fourth-order valence-electron chi connectivity index (χ4n) is 1.86. The maximum absolute atomic E-state index is 9.84. The molecule has 2 rings (SSSR count). The summed E-state index contributed by atoms with van der Waals surface area (Å²) in [5.41, 5.74) is 0.803. The quantitative estimate of drug-likeness (QED) is 0.743. The summed E-state index contributed by atoms with van der Waals surface area (Å²) < 4.78 is 0. The Kier molecular flexibility index (Phi) is 7.29. The second-order valence-electron chi connectivity index (χ2n) is 4.54. The molecule has 0 radical (unpaired) electrons. The third-order valence-electron chi connectivity index (χ3n) is 2.95. The Labute approximate surface area is 136 Å². The molecule has 1 aliphatic rings.